The van der Waals surface area contributed by atoms with E-state index in [-0.39, 0.29) is 10.8 Å². The summed E-state index contributed by atoms with van der Waals surface area (Å²) >= 11 is 5.63. The molecule has 2 aromatic carbocycles. The Kier molecular flexibility index (Phi) is 3.72. The van der Waals surface area contributed by atoms with Gasteiger partial charge in [0.2, 0.25) is 0 Å². The van der Waals surface area contributed by atoms with Crippen molar-refractivity contribution < 1.29 is 9.13 Å². The number of anilines is 1. The molecule has 0 atom stereocenters. The molecule has 0 fully saturated rings. The van der Waals surface area contributed by atoms with Crippen LogP contribution in [0.3, 0.4) is 0 Å². The summed E-state index contributed by atoms with van der Waals surface area (Å²) in [6.45, 7) is 2.05. The molecule has 0 radical (unpaired) electrons. The maximum Gasteiger partial charge on any atom is 0.153 e. The molecule has 0 unspecified atom stereocenters. The van der Waals surface area contributed by atoms with Gasteiger partial charge < -0.3 is 10.5 Å². The molecule has 94 valence electrons. The van der Waals surface area contributed by atoms with E-state index in [1.807, 2.05) is 18.2 Å². The van der Waals surface area contributed by atoms with Crippen LogP contribution in [0.15, 0.2) is 36.4 Å². The number of hydrogen-bond donors (Lipinski definition) is 1. The standard InChI is InChI=1S/C14H13ClFNO/c1-2-9-4-3-5-10(6-9)18-14-8-12(16)11(15)7-13(14)17/h3-8H,2,17H2,1H3. The molecule has 0 bridgehead atoms. The number of nitrogens with two attached hydrogens (primary N) is 1. The fourth-order valence-electron chi connectivity index (χ4n) is 1.59. The number of nitrogen functional groups attached to an aromatic ring is 1. The second-order valence-corrected chi connectivity index (χ2v) is 4.31. The molecule has 0 spiro atoms. The third-order valence-corrected chi connectivity index (χ3v) is 2.88. The van der Waals surface area contributed by atoms with Crippen LogP contribution >= 0.6 is 11.6 Å². The molecule has 2 nitrogen and oxygen atoms in total. The van der Waals surface area contributed by atoms with Gasteiger partial charge in [0.05, 0.1) is 10.7 Å². The Morgan fingerprint density at radius 3 is 2.78 bits per heavy atom. The van der Waals surface area contributed by atoms with Gasteiger partial charge >= 0.3 is 0 Å². The van der Waals surface area contributed by atoms with E-state index in [4.69, 9.17) is 22.1 Å². The monoisotopic (exact) mass is 265 g/mol. The van der Waals surface area contributed by atoms with Gasteiger partial charge in [-0.05, 0) is 30.2 Å². The topological polar surface area (TPSA) is 35.2 Å². The molecule has 0 saturated heterocycles. The molecule has 0 saturated carbocycles. The average Bonchev–Trinajstić information content (AvgIpc) is 2.36. The lowest BCUT2D eigenvalue weighted by Crippen LogP contribution is -1.94. The van der Waals surface area contributed by atoms with Crippen molar-refractivity contribution in [2.24, 2.45) is 0 Å². The first-order valence-electron chi connectivity index (χ1n) is 5.61. The Labute approximate surface area is 110 Å². The van der Waals surface area contributed by atoms with Crippen LogP contribution < -0.4 is 10.5 Å². The summed E-state index contributed by atoms with van der Waals surface area (Å²) in [5.74, 6) is 0.348. The fourth-order valence-corrected chi connectivity index (χ4v) is 1.76. The summed E-state index contributed by atoms with van der Waals surface area (Å²) < 4.78 is 18.9. The number of rotatable bonds is 3. The van der Waals surface area contributed by atoms with Crippen LogP contribution in [0.5, 0.6) is 11.5 Å². The molecule has 18 heavy (non-hydrogen) atoms. The predicted octanol–water partition coefficient (Wildman–Crippen LogP) is 4.42. The van der Waals surface area contributed by atoms with Gasteiger partial charge in [-0.2, -0.15) is 0 Å². The minimum atomic E-state index is -0.549. The smallest absolute Gasteiger partial charge is 0.153 e. The van der Waals surface area contributed by atoms with Crippen molar-refractivity contribution in [1.82, 2.24) is 0 Å². The third kappa shape index (κ3) is 2.74. The van der Waals surface area contributed by atoms with Gasteiger partial charge in [-0.3, -0.25) is 0 Å². The van der Waals surface area contributed by atoms with Crippen molar-refractivity contribution in [3.63, 3.8) is 0 Å². The molecule has 2 N–H and O–H groups in total. The van der Waals surface area contributed by atoms with Crippen LogP contribution in [0.4, 0.5) is 10.1 Å². The molecule has 0 heterocycles. The molecule has 0 aliphatic heterocycles. The number of benzene rings is 2. The predicted molar refractivity (Wildman–Crippen MR) is 71.7 cm³/mol. The first-order valence-corrected chi connectivity index (χ1v) is 5.99. The number of hydrogen-bond acceptors (Lipinski definition) is 2. The highest BCUT2D eigenvalue weighted by Crippen LogP contribution is 2.32. The highest BCUT2D eigenvalue weighted by molar-refractivity contribution is 6.31. The molecule has 0 aliphatic carbocycles. The highest BCUT2D eigenvalue weighted by atomic mass is 35.5. The van der Waals surface area contributed by atoms with Crippen LogP contribution in [0.25, 0.3) is 0 Å². The fraction of sp³-hybridized carbons (Fsp3) is 0.143. The SMILES string of the molecule is CCc1cccc(Oc2cc(F)c(Cl)cc2N)c1. The second kappa shape index (κ2) is 5.27. The first kappa shape index (κ1) is 12.7. The summed E-state index contributed by atoms with van der Waals surface area (Å²) in [4.78, 5) is 0. The molecule has 0 aromatic heterocycles. The van der Waals surface area contributed by atoms with Gasteiger partial charge in [-0.15, -0.1) is 0 Å². The summed E-state index contributed by atoms with van der Waals surface area (Å²) in [6, 6.07) is 10.1. The van der Waals surface area contributed by atoms with Crippen LogP contribution in [-0.2, 0) is 6.42 Å². The summed E-state index contributed by atoms with van der Waals surface area (Å²) in [5, 5.41) is -0.0119. The van der Waals surface area contributed by atoms with Crippen LogP contribution in [0.1, 0.15) is 12.5 Å². The van der Waals surface area contributed by atoms with Crippen molar-refractivity contribution in [2.45, 2.75) is 13.3 Å². The Morgan fingerprint density at radius 2 is 2.06 bits per heavy atom. The molecule has 2 rings (SSSR count). The third-order valence-electron chi connectivity index (χ3n) is 2.59. The first-order chi connectivity index (χ1) is 8.60. The Hall–Kier alpha value is -1.74. The minimum absolute atomic E-state index is 0.0119. The van der Waals surface area contributed by atoms with Crippen molar-refractivity contribution in [3.05, 3.63) is 52.8 Å². The Morgan fingerprint density at radius 1 is 1.28 bits per heavy atom. The van der Waals surface area contributed by atoms with Crippen molar-refractivity contribution in [3.8, 4) is 11.5 Å². The molecular weight excluding hydrogens is 253 g/mol. The van der Waals surface area contributed by atoms with Crippen molar-refractivity contribution in [2.75, 3.05) is 5.73 Å². The highest BCUT2D eigenvalue weighted by Gasteiger charge is 2.08. The summed E-state index contributed by atoms with van der Waals surface area (Å²) in [6.07, 6.45) is 0.904. The van der Waals surface area contributed by atoms with Crippen LogP contribution in [0.2, 0.25) is 5.02 Å². The molecule has 0 aliphatic rings. The van der Waals surface area contributed by atoms with Gasteiger partial charge in [0.1, 0.15) is 11.6 Å². The Bertz CT molecular complexity index is 572. The molecular formula is C14H13ClFNO. The second-order valence-electron chi connectivity index (χ2n) is 3.91. The van der Waals surface area contributed by atoms with E-state index in [0.29, 0.717) is 11.4 Å². The maximum absolute atomic E-state index is 13.3. The van der Waals surface area contributed by atoms with Gasteiger partial charge in [0, 0.05) is 6.07 Å². The van der Waals surface area contributed by atoms with Crippen molar-refractivity contribution in [1.29, 1.82) is 0 Å². The summed E-state index contributed by atoms with van der Waals surface area (Å²) in [5.41, 5.74) is 7.18. The van der Waals surface area contributed by atoms with Gasteiger partial charge in [-0.25, -0.2) is 4.39 Å². The van der Waals surface area contributed by atoms with Gasteiger partial charge in [0.25, 0.3) is 0 Å². The van der Waals surface area contributed by atoms with E-state index in [0.717, 1.165) is 12.0 Å². The lowest BCUT2D eigenvalue weighted by atomic mass is 10.2. The zero-order chi connectivity index (χ0) is 13.1. The largest absolute Gasteiger partial charge is 0.455 e. The molecule has 0 amide bonds. The number of aryl methyl sites for hydroxylation is 1. The molecule has 4 heteroatoms. The van der Waals surface area contributed by atoms with Crippen LogP contribution in [-0.4, -0.2) is 0 Å². The van der Waals surface area contributed by atoms with Gasteiger partial charge in [0.15, 0.2) is 5.75 Å². The van der Waals surface area contributed by atoms with E-state index >= 15 is 0 Å². The lowest BCUT2D eigenvalue weighted by molar-refractivity contribution is 0.478. The Balaban J connectivity index is 2.30. The minimum Gasteiger partial charge on any atom is -0.455 e. The average molecular weight is 266 g/mol. The van der Waals surface area contributed by atoms with Crippen LogP contribution in [0, 0.1) is 5.82 Å². The zero-order valence-electron chi connectivity index (χ0n) is 9.91. The quantitative estimate of drug-likeness (QED) is 0.834. The number of halogens is 2. The van der Waals surface area contributed by atoms with E-state index in [1.54, 1.807) is 6.07 Å². The summed E-state index contributed by atoms with van der Waals surface area (Å²) in [7, 11) is 0. The van der Waals surface area contributed by atoms with E-state index in [2.05, 4.69) is 6.92 Å². The van der Waals surface area contributed by atoms with E-state index in [9.17, 15) is 4.39 Å². The maximum atomic E-state index is 13.3. The normalized spacial score (nSPS) is 10.4. The van der Waals surface area contributed by atoms with E-state index < -0.39 is 5.82 Å². The lowest BCUT2D eigenvalue weighted by Gasteiger charge is -2.10. The number of ether oxygens (including phenoxy) is 1. The van der Waals surface area contributed by atoms with Crippen molar-refractivity contribution >= 4 is 17.3 Å². The van der Waals surface area contributed by atoms with Gasteiger partial charge in [-0.1, -0.05) is 30.7 Å². The molecule has 2 aromatic rings. The van der Waals surface area contributed by atoms with E-state index in [1.165, 1.54) is 12.1 Å². The zero-order valence-corrected chi connectivity index (χ0v) is 10.7.